The molecule has 1 saturated heterocycles. The molecule has 1 aromatic carbocycles. The lowest BCUT2D eigenvalue weighted by Crippen LogP contribution is -2.48. The molecule has 1 aliphatic heterocycles. The summed E-state index contributed by atoms with van der Waals surface area (Å²) < 4.78 is 25.0. The summed E-state index contributed by atoms with van der Waals surface area (Å²) in [4.78, 5) is 6.69. The highest BCUT2D eigenvalue weighted by atomic mass is 32.2. The third-order valence-corrected chi connectivity index (χ3v) is 5.90. The van der Waals surface area contributed by atoms with Crippen molar-refractivity contribution in [3.8, 4) is 6.07 Å². The lowest BCUT2D eigenvalue weighted by atomic mass is 10.0. The van der Waals surface area contributed by atoms with Crippen LogP contribution in [0.25, 0.3) is 10.9 Å². The van der Waals surface area contributed by atoms with Crippen molar-refractivity contribution in [2.24, 2.45) is 0 Å². The molecule has 1 atom stereocenters. The van der Waals surface area contributed by atoms with Crippen LogP contribution < -0.4 is 4.90 Å². The zero-order chi connectivity index (χ0) is 17.3. The second kappa shape index (κ2) is 6.38. The molecule has 6 nitrogen and oxygen atoms in total. The Kier molecular flexibility index (Phi) is 4.43. The van der Waals surface area contributed by atoms with Gasteiger partial charge in [-0.25, -0.2) is 17.7 Å². The molecule has 2 heterocycles. The van der Waals surface area contributed by atoms with Crippen molar-refractivity contribution in [2.45, 2.75) is 18.9 Å². The monoisotopic (exact) mass is 344 g/mol. The second-order valence-electron chi connectivity index (χ2n) is 6.19. The minimum Gasteiger partial charge on any atom is -0.354 e. The van der Waals surface area contributed by atoms with Gasteiger partial charge in [0, 0.05) is 31.6 Å². The fraction of sp³-hybridized carbons (Fsp3) is 0.412. The van der Waals surface area contributed by atoms with Gasteiger partial charge in [0.15, 0.2) is 0 Å². The van der Waals surface area contributed by atoms with Crippen LogP contribution in [0.1, 0.15) is 18.4 Å². The Labute approximate surface area is 142 Å². The summed E-state index contributed by atoms with van der Waals surface area (Å²) >= 11 is 0. The lowest BCUT2D eigenvalue weighted by Gasteiger charge is -2.37. The number of para-hydroxylation sites is 1. The molecular weight excluding hydrogens is 324 g/mol. The van der Waals surface area contributed by atoms with Crippen molar-refractivity contribution in [1.29, 1.82) is 5.26 Å². The zero-order valence-electron chi connectivity index (χ0n) is 13.8. The van der Waals surface area contributed by atoms with E-state index in [1.54, 1.807) is 7.05 Å². The van der Waals surface area contributed by atoms with Crippen molar-refractivity contribution < 1.29 is 8.42 Å². The van der Waals surface area contributed by atoms with Crippen molar-refractivity contribution in [3.05, 3.63) is 35.9 Å². The third-order valence-electron chi connectivity index (χ3n) is 4.56. The normalized spacial score (nSPS) is 18.8. The number of pyridine rings is 1. The number of sulfonamides is 1. The fourth-order valence-electron chi connectivity index (χ4n) is 3.14. The number of benzene rings is 1. The SMILES string of the molecule is CN(C1CCCN(c2nc3ccccc3cc2C#N)C1)S(C)(=O)=O. The standard InChI is InChI=1S/C17H20N4O2S/c1-20(24(2,22)23)15-7-5-9-21(12-15)17-14(11-18)10-13-6-3-4-8-16(13)19-17/h3-4,6,8,10,15H,5,7,9,12H2,1-2H3. The molecule has 126 valence electrons. The van der Waals surface area contributed by atoms with Gasteiger partial charge in [0.1, 0.15) is 11.9 Å². The summed E-state index contributed by atoms with van der Waals surface area (Å²) in [6.07, 6.45) is 2.90. The summed E-state index contributed by atoms with van der Waals surface area (Å²) in [5.74, 6) is 0.641. The number of anilines is 1. The fourth-order valence-corrected chi connectivity index (χ4v) is 3.86. The van der Waals surface area contributed by atoms with Crippen LogP contribution >= 0.6 is 0 Å². The first-order valence-corrected chi connectivity index (χ1v) is 9.73. The molecule has 3 rings (SSSR count). The molecule has 0 aliphatic carbocycles. The quantitative estimate of drug-likeness (QED) is 0.851. The maximum absolute atomic E-state index is 11.8. The average molecular weight is 344 g/mol. The summed E-state index contributed by atoms with van der Waals surface area (Å²) in [5.41, 5.74) is 1.36. The summed E-state index contributed by atoms with van der Waals surface area (Å²) in [7, 11) is -1.62. The van der Waals surface area contributed by atoms with E-state index in [4.69, 9.17) is 0 Å². The number of rotatable bonds is 3. The number of fused-ring (bicyclic) bond motifs is 1. The van der Waals surface area contributed by atoms with E-state index in [0.29, 0.717) is 17.9 Å². The Morgan fingerprint density at radius 1 is 1.38 bits per heavy atom. The number of hydrogen-bond donors (Lipinski definition) is 0. The van der Waals surface area contributed by atoms with Crippen LogP contribution in [0.5, 0.6) is 0 Å². The molecule has 1 fully saturated rings. The average Bonchev–Trinajstić information content (AvgIpc) is 2.59. The highest BCUT2D eigenvalue weighted by Crippen LogP contribution is 2.27. The van der Waals surface area contributed by atoms with E-state index in [1.165, 1.54) is 10.6 Å². The van der Waals surface area contributed by atoms with Gasteiger partial charge in [-0.05, 0) is 25.0 Å². The van der Waals surface area contributed by atoms with E-state index in [-0.39, 0.29) is 6.04 Å². The smallest absolute Gasteiger partial charge is 0.211 e. The van der Waals surface area contributed by atoms with Crippen molar-refractivity contribution in [1.82, 2.24) is 9.29 Å². The van der Waals surface area contributed by atoms with E-state index in [9.17, 15) is 13.7 Å². The Hall–Kier alpha value is -2.17. The molecule has 7 heteroatoms. The van der Waals surface area contributed by atoms with Crippen LogP contribution in [-0.4, -0.2) is 50.1 Å². The van der Waals surface area contributed by atoms with E-state index in [1.807, 2.05) is 35.2 Å². The minimum absolute atomic E-state index is 0.103. The molecule has 0 bridgehead atoms. The van der Waals surface area contributed by atoms with Crippen LogP contribution in [0.15, 0.2) is 30.3 Å². The molecule has 24 heavy (non-hydrogen) atoms. The molecule has 0 spiro atoms. The predicted molar refractivity (Wildman–Crippen MR) is 94.3 cm³/mol. The van der Waals surface area contributed by atoms with Gasteiger partial charge >= 0.3 is 0 Å². The zero-order valence-corrected chi connectivity index (χ0v) is 14.6. The maximum atomic E-state index is 11.8. The first kappa shape index (κ1) is 16.7. The molecule has 1 unspecified atom stereocenters. The largest absolute Gasteiger partial charge is 0.354 e. The van der Waals surface area contributed by atoms with Gasteiger partial charge in [-0.15, -0.1) is 0 Å². The summed E-state index contributed by atoms with van der Waals surface area (Å²) in [6.45, 7) is 1.32. The number of nitriles is 1. The highest BCUT2D eigenvalue weighted by molar-refractivity contribution is 7.88. The van der Waals surface area contributed by atoms with Gasteiger partial charge in [-0.2, -0.15) is 5.26 Å². The highest BCUT2D eigenvalue weighted by Gasteiger charge is 2.29. The molecule has 2 aromatic rings. The molecule has 0 saturated carbocycles. The Morgan fingerprint density at radius 3 is 2.83 bits per heavy atom. The second-order valence-corrected chi connectivity index (χ2v) is 8.23. The van der Waals surface area contributed by atoms with E-state index in [2.05, 4.69) is 11.1 Å². The van der Waals surface area contributed by atoms with E-state index < -0.39 is 10.0 Å². The summed E-state index contributed by atoms with van der Waals surface area (Å²) in [5, 5.41) is 10.4. The van der Waals surface area contributed by atoms with Crippen LogP contribution in [0, 0.1) is 11.3 Å². The summed E-state index contributed by atoms with van der Waals surface area (Å²) in [6, 6.07) is 11.7. The number of hydrogen-bond acceptors (Lipinski definition) is 5. The number of piperidine rings is 1. The first-order chi connectivity index (χ1) is 11.4. The third kappa shape index (κ3) is 3.21. The minimum atomic E-state index is -3.24. The van der Waals surface area contributed by atoms with Gasteiger partial charge in [0.05, 0.1) is 17.3 Å². The van der Waals surface area contributed by atoms with E-state index >= 15 is 0 Å². The topological polar surface area (TPSA) is 77.3 Å². The number of aromatic nitrogens is 1. The lowest BCUT2D eigenvalue weighted by molar-refractivity contribution is 0.321. The molecular formula is C17H20N4O2S. The first-order valence-electron chi connectivity index (χ1n) is 7.88. The molecule has 0 amide bonds. The van der Waals surface area contributed by atoms with Gasteiger partial charge in [0.2, 0.25) is 10.0 Å². The molecule has 1 aromatic heterocycles. The Morgan fingerprint density at radius 2 is 2.12 bits per heavy atom. The van der Waals surface area contributed by atoms with Gasteiger partial charge in [-0.3, -0.25) is 0 Å². The van der Waals surface area contributed by atoms with Crippen molar-refractivity contribution >= 4 is 26.7 Å². The number of likely N-dealkylation sites (N-methyl/N-ethyl adjacent to an activating group) is 1. The van der Waals surface area contributed by atoms with Crippen LogP contribution in [-0.2, 0) is 10.0 Å². The van der Waals surface area contributed by atoms with E-state index in [0.717, 1.165) is 30.3 Å². The van der Waals surface area contributed by atoms with Gasteiger partial charge < -0.3 is 4.90 Å². The molecule has 1 aliphatic rings. The van der Waals surface area contributed by atoms with Crippen molar-refractivity contribution in [2.75, 3.05) is 31.3 Å². The van der Waals surface area contributed by atoms with Crippen LogP contribution in [0.3, 0.4) is 0 Å². The van der Waals surface area contributed by atoms with Gasteiger partial charge in [-0.1, -0.05) is 18.2 Å². The Balaban J connectivity index is 1.96. The van der Waals surface area contributed by atoms with Gasteiger partial charge in [0.25, 0.3) is 0 Å². The Bertz CT molecular complexity index is 904. The maximum Gasteiger partial charge on any atom is 0.211 e. The van der Waals surface area contributed by atoms with Crippen molar-refractivity contribution in [3.63, 3.8) is 0 Å². The van der Waals surface area contributed by atoms with Crippen LogP contribution in [0.2, 0.25) is 0 Å². The number of nitrogens with zero attached hydrogens (tertiary/aromatic N) is 4. The predicted octanol–water partition coefficient (Wildman–Crippen LogP) is 1.97. The van der Waals surface area contributed by atoms with Crippen LogP contribution in [0.4, 0.5) is 5.82 Å². The molecule has 0 radical (unpaired) electrons. The molecule has 0 N–H and O–H groups in total.